The minimum absolute atomic E-state index is 0.0501. The van der Waals surface area contributed by atoms with E-state index in [0.29, 0.717) is 6.42 Å². The molecule has 0 aliphatic heterocycles. The van der Waals surface area contributed by atoms with Gasteiger partial charge >= 0.3 is 12.2 Å². The molecule has 0 saturated carbocycles. The first kappa shape index (κ1) is 19.9. The van der Waals surface area contributed by atoms with Crippen LogP contribution in [-0.4, -0.2) is 34.4 Å². The lowest BCUT2D eigenvalue weighted by molar-refractivity contribution is -0.171. The molecule has 0 spiro atoms. The molecule has 0 fully saturated rings. The number of rotatable bonds is 3. The average molecular weight is 315 g/mol. The van der Waals surface area contributed by atoms with Gasteiger partial charge in [0.2, 0.25) is 0 Å². The zero-order valence-corrected chi connectivity index (χ0v) is 14.1. The Kier molecular flexibility index (Phi) is 7.09. The predicted molar refractivity (Wildman–Crippen MR) is 79.8 cm³/mol. The third-order valence-corrected chi connectivity index (χ3v) is 1.90. The van der Waals surface area contributed by atoms with Crippen LogP contribution in [0.25, 0.3) is 0 Å². The van der Waals surface area contributed by atoms with Crippen LogP contribution in [-0.2, 0) is 19.1 Å². The fourth-order valence-electron chi connectivity index (χ4n) is 1.16. The van der Waals surface area contributed by atoms with Gasteiger partial charge in [-0.2, -0.15) is 0 Å². The number of carbonyl (C=O) groups excluding carboxylic acids is 3. The molecular weight excluding hydrogens is 290 g/mol. The van der Waals surface area contributed by atoms with Gasteiger partial charge in [0.05, 0.1) is 0 Å². The van der Waals surface area contributed by atoms with E-state index in [-0.39, 0.29) is 11.5 Å². The van der Waals surface area contributed by atoms with Crippen LogP contribution in [0.5, 0.6) is 0 Å². The Hall–Kier alpha value is -2.05. The number of carbonyl (C=O) groups is 3. The summed E-state index contributed by atoms with van der Waals surface area (Å²) in [5.74, 6) is -0.722. The minimum atomic E-state index is -1.16. The maximum absolute atomic E-state index is 12.0. The third-order valence-electron chi connectivity index (χ3n) is 1.90. The van der Waals surface area contributed by atoms with Gasteiger partial charge in [0.1, 0.15) is 11.2 Å². The Morgan fingerprint density at radius 3 is 1.91 bits per heavy atom. The summed E-state index contributed by atoms with van der Waals surface area (Å²) in [5.41, 5.74) is -1.66. The summed E-state index contributed by atoms with van der Waals surface area (Å²) in [7, 11) is 0. The highest BCUT2D eigenvalue weighted by molar-refractivity contribution is 5.91. The summed E-state index contributed by atoms with van der Waals surface area (Å²) in [4.78, 5) is 40.3. The van der Waals surface area contributed by atoms with E-state index < -0.39 is 29.4 Å². The van der Waals surface area contributed by atoms with Gasteiger partial charge in [-0.3, -0.25) is 9.63 Å². The van der Waals surface area contributed by atoms with E-state index in [1.165, 1.54) is 6.08 Å². The zero-order valence-electron chi connectivity index (χ0n) is 14.1. The number of ether oxygens (including phenoxy) is 2. The van der Waals surface area contributed by atoms with E-state index >= 15 is 0 Å². The maximum Gasteiger partial charge on any atom is 0.534 e. The molecule has 0 aromatic heterocycles. The molecule has 0 N–H and O–H groups in total. The van der Waals surface area contributed by atoms with Gasteiger partial charge in [0.15, 0.2) is 0 Å². The van der Waals surface area contributed by atoms with Crippen molar-refractivity contribution in [3.8, 4) is 0 Å². The van der Waals surface area contributed by atoms with E-state index in [9.17, 15) is 14.4 Å². The highest BCUT2D eigenvalue weighted by Gasteiger charge is 2.32. The summed E-state index contributed by atoms with van der Waals surface area (Å²) in [5, 5.41) is 0.281. The summed E-state index contributed by atoms with van der Waals surface area (Å²) >= 11 is 0. The minimum Gasteiger partial charge on any atom is -0.441 e. The number of nitrogens with zero attached hydrogens (tertiary/aromatic N) is 1. The maximum atomic E-state index is 12.0. The van der Waals surface area contributed by atoms with Crippen molar-refractivity contribution in [3.05, 3.63) is 12.7 Å². The summed E-state index contributed by atoms with van der Waals surface area (Å²) in [6.45, 7) is 13.3. The summed E-state index contributed by atoms with van der Waals surface area (Å²) in [6, 6.07) is 0. The SMILES string of the molecule is C=CCCC(=O)N(OC(=O)OC(C)(C)C)C(=O)OC(C)(C)C. The van der Waals surface area contributed by atoms with E-state index in [2.05, 4.69) is 6.58 Å². The largest absolute Gasteiger partial charge is 0.534 e. The second kappa shape index (κ2) is 7.82. The molecule has 126 valence electrons. The molecule has 22 heavy (non-hydrogen) atoms. The van der Waals surface area contributed by atoms with Crippen molar-refractivity contribution in [2.24, 2.45) is 0 Å². The van der Waals surface area contributed by atoms with Gasteiger partial charge in [-0.15, -0.1) is 6.58 Å². The Morgan fingerprint density at radius 2 is 1.50 bits per heavy atom. The molecule has 0 radical (unpaired) electrons. The van der Waals surface area contributed by atoms with Crippen molar-refractivity contribution in [2.75, 3.05) is 0 Å². The fourth-order valence-corrected chi connectivity index (χ4v) is 1.16. The van der Waals surface area contributed by atoms with Crippen molar-refractivity contribution >= 4 is 18.2 Å². The van der Waals surface area contributed by atoms with Crippen LogP contribution < -0.4 is 0 Å². The molecule has 0 saturated heterocycles. The molecule has 0 aliphatic rings. The number of amides is 2. The Balaban J connectivity index is 5.01. The highest BCUT2D eigenvalue weighted by Crippen LogP contribution is 2.14. The standard InChI is InChI=1S/C15H25NO6/c1-8-9-10-11(17)16(12(18)20-14(2,3)4)22-13(19)21-15(5,6)7/h8H,1,9-10H2,2-7H3. The van der Waals surface area contributed by atoms with Crippen LogP contribution in [0.1, 0.15) is 54.4 Å². The fraction of sp³-hybridized carbons (Fsp3) is 0.667. The van der Waals surface area contributed by atoms with Crippen molar-refractivity contribution in [3.63, 3.8) is 0 Å². The van der Waals surface area contributed by atoms with Gasteiger partial charge in [0, 0.05) is 6.42 Å². The molecule has 0 bridgehead atoms. The van der Waals surface area contributed by atoms with E-state index in [4.69, 9.17) is 14.3 Å². The first-order chi connectivity index (χ1) is 9.85. The smallest absolute Gasteiger partial charge is 0.441 e. The lowest BCUT2D eigenvalue weighted by atomic mass is 10.2. The molecule has 0 heterocycles. The van der Waals surface area contributed by atoms with E-state index in [0.717, 1.165) is 0 Å². The van der Waals surface area contributed by atoms with Crippen molar-refractivity contribution in [1.82, 2.24) is 5.06 Å². The molecule has 7 heteroatoms. The molecular formula is C15H25NO6. The molecule has 0 rings (SSSR count). The number of imide groups is 1. The van der Waals surface area contributed by atoms with Crippen LogP contribution in [0.2, 0.25) is 0 Å². The molecule has 7 nitrogen and oxygen atoms in total. The molecule has 0 atom stereocenters. The van der Waals surface area contributed by atoms with Gasteiger partial charge < -0.3 is 9.47 Å². The highest BCUT2D eigenvalue weighted by atomic mass is 16.8. The van der Waals surface area contributed by atoms with Crippen LogP contribution in [0.15, 0.2) is 12.7 Å². The van der Waals surface area contributed by atoms with Gasteiger partial charge in [-0.05, 0) is 48.0 Å². The normalized spacial score (nSPS) is 11.4. The number of hydrogen-bond donors (Lipinski definition) is 0. The lowest BCUT2D eigenvalue weighted by Gasteiger charge is -2.26. The third kappa shape index (κ3) is 8.99. The molecule has 0 aromatic carbocycles. The van der Waals surface area contributed by atoms with Crippen LogP contribution >= 0.6 is 0 Å². The molecule has 0 unspecified atom stereocenters. The molecule has 2 amide bonds. The number of allylic oxidation sites excluding steroid dienone is 1. The van der Waals surface area contributed by atoms with Crippen LogP contribution in [0, 0.1) is 0 Å². The zero-order chi connectivity index (χ0) is 17.6. The summed E-state index contributed by atoms with van der Waals surface area (Å²) < 4.78 is 9.96. The van der Waals surface area contributed by atoms with Gasteiger partial charge in [0.25, 0.3) is 5.91 Å². The Bertz CT molecular complexity index is 430. The second-order valence-corrected chi connectivity index (χ2v) is 6.55. The monoisotopic (exact) mass is 315 g/mol. The first-order valence-corrected chi connectivity index (χ1v) is 6.93. The van der Waals surface area contributed by atoms with Gasteiger partial charge in [-0.1, -0.05) is 11.1 Å². The quantitative estimate of drug-likeness (QED) is 0.450. The molecule has 0 aromatic rings. The molecule has 0 aliphatic carbocycles. The number of hydrogen-bond acceptors (Lipinski definition) is 6. The summed E-state index contributed by atoms with van der Waals surface area (Å²) in [6.07, 6.45) is -0.447. The van der Waals surface area contributed by atoms with Gasteiger partial charge in [-0.25, -0.2) is 9.59 Å². The van der Waals surface area contributed by atoms with Crippen molar-refractivity contribution < 1.29 is 28.7 Å². The first-order valence-electron chi connectivity index (χ1n) is 6.93. The van der Waals surface area contributed by atoms with E-state index in [1.54, 1.807) is 41.5 Å². The van der Waals surface area contributed by atoms with Crippen molar-refractivity contribution in [2.45, 2.75) is 65.6 Å². The lowest BCUT2D eigenvalue weighted by Crippen LogP contribution is -2.43. The predicted octanol–water partition coefficient (Wildman–Crippen LogP) is 3.58. The topological polar surface area (TPSA) is 82.1 Å². The number of hydroxylamine groups is 2. The Morgan fingerprint density at radius 1 is 1.00 bits per heavy atom. The van der Waals surface area contributed by atoms with Crippen LogP contribution in [0.4, 0.5) is 9.59 Å². The van der Waals surface area contributed by atoms with Crippen LogP contribution in [0.3, 0.4) is 0 Å². The van der Waals surface area contributed by atoms with Crippen molar-refractivity contribution in [1.29, 1.82) is 0 Å². The Labute approximate surface area is 131 Å². The second-order valence-electron chi connectivity index (χ2n) is 6.55. The van der Waals surface area contributed by atoms with E-state index in [1.807, 2.05) is 0 Å². The average Bonchev–Trinajstić information content (AvgIpc) is 2.28.